The molecule has 1 aliphatic rings. The molecular weight excluding hydrogens is 504 g/mol. The molecule has 0 unspecified atom stereocenters. The number of para-hydroxylation sites is 3. The lowest BCUT2D eigenvalue weighted by molar-refractivity contribution is 0.463. The number of nitrogens with zero attached hydrogens (tertiary/aromatic N) is 3. The number of fused-ring (bicyclic) bond motifs is 5. The van der Waals surface area contributed by atoms with Gasteiger partial charge in [-0.1, -0.05) is 72.8 Å². The monoisotopic (exact) mass is 528 g/mol. The maximum atomic E-state index is 6.16. The van der Waals surface area contributed by atoms with Gasteiger partial charge in [0.15, 0.2) is 0 Å². The first-order valence-corrected chi connectivity index (χ1v) is 13.6. The molecule has 194 valence electrons. The Hall–Kier alpha value is -5.68. The summed E-state index contributed by atoms with van der Waals surface area (Å²) >= 11 is 0. The van der Waals surface area contributed by atoms with Crippen LogP contribution in [0.4, 0.5) is 11.4 Å². The predicted octanol–water partition coefficient (Wildman–Crippen LogP) is 9.26. The van der Waals surface area contributed by atoms with E-state index in [0.717, 1.165) is 61.6 Å². The highest BCUT2D eigenvalue weighted by Gasteiger charge is 2.20. The minimum absolute atomic E-state index is 0.563. The van der Waals surface area contributed by atoms with Gasteiger partial charge in [-0.25, -0.2) is 4.98 Å². The fraction of sp³-hybridized carbons (Fsp3) is 0. The van der Waals surface area contributed by atoms with Crippen LogP contribution in [0.5, 0.6) is 11.6 Å². The van der Waals surface area contributed by atoms with Crippen molar-refractivity contribution >= 4 is 45.3 Å². The first-order chi connectivity index (χ1) is 20.3. The van der Waals surface area contributed by atoms with Crippen molar-refractivity contribution in [3.05, 3.63) is 139 Å². The van der Waals surface area contributed by atoms with E-state index in [1.807, 2.05) is 42.6 Å². The van der Waals surface area contributed by atoms with Crippen molar-refractivity contribution in [2.45, 2.75) is 0 Å². The summed E-state index contributed by atoms with van der Waals surface area (Å²) in [5.74, 6) is 1.30. The zero-order valence-corrected chi connectivity index (χ0v) is 22.0. The van der Waals surface area contributed by atoms with Crippen LogP contribution >= 0.6 is 0 Å². The fourth-order valence-corrected chi connectivity index (χ4v) is 5.71. The summed E-state index contributed by atoms with van der Waals surface area (Å²) in [6, 6.07) is 39.3. The Morgan fingerprint density at radius 2 is 1.34 bits per heavy atom. The molecule has 0 fully saturated rings. The number of anilines is 2. The molecule has 1 aliphatic heterocycles. The van der Waals surface area contributed by atoms with Gasteiger partial charge in [0.2, 0.25) is 5.88 Å². The third-order valence-electron chi connectivity index (χ3n) is 7.55. The average Bonchev–Trinajstić information content (AvgIpc) is 3.21. The topological polar surface area (TPSA) is 52.0 Å². The van der Waals surface area contributed by atoms with Crippen molar-refractivity contribution < 1.29 is 4.74 Å². The second kappa shape index (κ2) is 9.50. The van der Waals surface area contributed by atoms with Crippen LogP contribution in [0.2, 0.25) is 0 Å². The van der Waals surface area contributed by atoms with Gasteiger partial charge < -0.3 is 14.6 Å². The van der Waals surface area contributed by atoms with Crippen molar-refractivity contribution in [3.63, 3.8) is 0 Å². The van der Waals surface area contributed by atoms with E-state index in [1.54, 1.807) is 6.20 Å². The van der Waals surface area contributed by atoms with Crippen molar-refractivity contribution in [2.24, 2.45) is 0 Å². The van der Waals surface area contributed by atoms with E-state index in [2.05, 4.69) is 111 Å². The second-order valence-electron chi connectivity index (χ2n) is 9.99. The van der Waals surface area contributed by atoms with E-state index >= 15 is 0 Å². The molecule has 0 saturated carbocycles. The average molecular weight is 529 g/mol. The summed E-state index contributed by atoms with van der Waals surface area (Å²) in [5.41, 5.74) is 9.51. The van der Waals surface area contributed by atoms with E-state index in [9.17, 15) is 0 Å². The zero-order valence-electron chi connectivity index (χ0n) is 22.0. The van der Waals surface area contributed by atoms with E-state index in [4.69, 9.17) is 4.74 Å². The van der Waals surface area contributed by atoms with Crippen molar-refractivity contribution in [1.82, 2.24) is 14.5 Å². The van der Waals surface area contributed by atoms with Gasteiger partial charge >= 0.3 is 0 Å². The van der Waals surface area contributed by atoms with Crippen molar-refractivity contribution in [2.75, 3.05) is 5.32 Å². The van der Waals surface area contributed by atoms with Gasteiger partial charge in [0.1, 0.15) is 5.75 Å². The lowest BCUT2D eigenvalue weighted by Gasteiger charge is -2.19. The molecule has 5 nitrogen and oxygen atoms in total. The number of rotatable bonds is 4. The molecule has 0 saturated heterocycles. The maximum Gasteiger partial charge on any atom is 0.219 e. The van der Waals surface area contributed by atoms with Crippen LogP contribution in [0.1, 0.15) is 11.1 Å². The number of aromatic nitrogens is 3. The molecule has 7 aromatic rings. The maximum absolute atomic E-state index is 6.16. The number of hydrogen-bond donors (Lipinski definition) is 1. The van der Waals surface area contributed by atoms with Crippen molar-refractivity contribution in [3.8, 4) is 28.6 Å². The highest BCUT2D eigenvalue weighted by Crippen LogP contribution is 2.42. The third-order valence-corrected chi connectivity index (χ3v) is 7.55. The summed E-state index contributed by atoms with van der Waals surface area (Å²) in [7, 11) is 0. The minimum Gasteiger partial charge on any atom is -0.439 e. The molecule has 0 atom stereocenters. The smallest absolute Gasteiger partial charge is 0.219 e. The molecule has 4 aromatic carbocycles. The molecule has 0 aliphatic carbocycles. The zero-order chi connectivity index (χ0) is 27.2. The summed E-state index contributed by atoms with van der Waals surface area (Å²) in [6.45, 7) is 0. The molecule has 1 N–H and O–H groups in total. The van der Waals surface area contributed by atoms with Crippen LogP contribution in [0.25, 0.3) is 50.9 Å². The number of benzene rings is 4. The Labute approximate surface area is 237 Å². The SMILES string of the molecule is C1=Cc2cccc(-n3c4ccccc4c4ccc(Oc5ccccn5)cc43)c2Nc2c1cccc2-c1ccccn1. The Morgan fingerprint density at radius 3 is 2.17 bits per heavy atom. The standard InChI is InChI=1S/C36H24N4O/c1-2-14-31-27(11-1)28-20-19-26(41-34-16-4-6-22-38-34)23-33(28)40(31)32-15-8-10-25-18-17-24-9-7-12-29(35(24)39-36(25)32)30-13-3-5-21-37-30/h1-23,39H. The van der Waals surface area contributed by atoms with Gasteiger partial charge in [-0.05, 0) is 48.0 Å². The molecule has 5 heteroatoms. The summed E-state index contributed by atoms with van der Waals surface area (Å²) in [5, 5.41) is 6.19. The normalized spacial score (nSPS) is 12.0. The number of hydrogen-bond acceptors (Lipinski definition) is 4. The van der Waals surface area contributed by atoms with Gasteiger partial charge in [0.05, 0.1) is 33.8 Å². The highest BCUT2D eigenvalue weighted by atomic mass is 16.5. The Kier molecular flexibility index (Phi) is 5.38. The largest absolute Gasteiger partial charge is 0.439 e. The molecule has 0 spiro atoms. The van der Waals surface area contributed by atoms with Gasteiger partial charge in [0.25, 0.3) is 0 Å². The second-order valence-corrected chi connectivity index (χ2v) is 9.99. The van der Waals surface area contributed by atoms with Crippen LogP contribution < -0.4 is 10.1 Å². The fourth-order valence-electron chi connectivity index (χ4n) is 5.71. The quantitative estimate of drug-likeness (QED) is 0.247. The number of nitrogens with one attached hydrogen (secondary N) is 1. The van der Waals surface area contributed by atoms with Gasteiger partial charge in [-0.3, -0.25) is 4.98 Å². The van der Waals surface area contributed by atoms with Crippen LogP contribution in [-0.4, -0.2) is 14.5 Å². The van der Waals surface area contributed by atoms with E-state index in [-0.39, 0.29) is 0 Å². The Balaban J connectivity index is 1.35. The molecule has 8 rings (SSSR count). The predicted molar refractivity (Wildman–Crippen MR) is 167 cm³/mol. The van der Waals surface area contributed by atoms with Crippen LogP contribution in [0, 0.1) is 0 Å². The lowest BCUT2D eigenvalue weighted by atomic mass is 10.0. The van der Waals surface area contributed by atoms with Crippen LogP contribution in [0.15, 0.2) is 128 Å². The van der Waals surface area contributed by atoms with Crippen LogP contribution in [-0.2, 0) is 0 Å². The highest BCUT2D eigenvalue weighted by molar-refractivity contribution is 6.10. The molecular formula is C36H24N4O. The Bertz CT molecular complexity index is 2100. The molecule has 3 aromatic heterocycles. The lowest BCUT2D eigenvalue weighted by Crippen LogP contribution is -2.03. The van der Waals surface area contributed by atoms with E-state index in [1.165, 1.54) is 5.39 Å². The van der Waals surface area contributed by atoms with Crippen molar-refractivity contribution in [1.29, 1.82) is 0 Å². The summed E-state index contributed by atoms with van der Waals surface area (Å²) in [6.07, 6.45) is 7.93. The van der Waals surface area contributed by atoms with Gasteiger partial charge in [-0.2, -0.15) is 0 Å². The number of pyridine rings is 2. The molecule has 0 bridgehead atoms. The minimum atomic E-state index is 0.563. The molecule has 4 heterocycles. The summed E-state index contributed by atoms with van der Waals surface area (Å²) in [4.78, 5) is 9.00. The molecule has 0 radical (unpaired) electrons. The van der Waals surface area contributed by atoms with E-state index in [0.29, 0.717) is 5.88 Å². The first-order valence-electron chi connectivity index (χ1n) is 13.6. The van der Waals surface area contributed by atoms with Crippen LogP contribution in [0.3, 0.4) is 0 Å². The Morgan fingerprint density at radius 1 is 0.585 bits per heavy atom. The first kappa shape index (κ1) is 23.2. The third kappa shape index (κ3) is 3.95. The number of ether oxygens (including phenoxy) is 1. The molecule has 0 amide bonds. The van der Waals surface area contributed by atoms with Gasteiger partial charge in [0, 0.05) is 46.4 Å². The summed E-state index contributed by atoms with van der Waals surface area (Å²) < 4.78 is 8.48. The van der Waals surface area contributed by atoms with E-state index < -0.39 is 0 Å². The molecule has 41 heavy (non-hydrogen) atoms. The van der Waals surface area contributed by atoms with Gasteiger partial charge in [-0.15, -0.1) is 0 Å².